The zero-order chi connectivity index (χ0) is 15.3. The van der Waals surface area contributed by atoms with Gasteiger partial charge in [0.1, 0.15) is 12.4 Å². The molecule has 1 aliphatic rings. The number of piperidine rings is 1. The number of nitrogens with one attached hydrogen (secondary N) is 1. The molecule has 1 fully saturated rings. The summed E-state index contributed by atoms with van der Waals surface area (Å²) in [5.41, 5.74) is 0.493. The van der Waals surface area contributed by atoms with Gasteiger partial charge >= 0.3 is 5.97 Å². The number of hydrogen-bond donors (Lipinski definition) is 1. The fourth-order valence-electron chi connectivity index (χ4n) is 2.73. The smallest absolute Gasteiger partial charge is 0.312 e. The van der Waals surface area contributed by atoms with E-state index in [2.05, 4.69) is 5.32 Å². The Morgan fingerprint density at radius 3 is 2.90 bits per heavy atom. The van der Waals surface area contributed by atoms with Gasteiger partial charge in [0.2, 0.25) is 0 Å². The quantitative estimate of drug-likeness (QED) is 0.847. The van der Waals surface area contributed by atoms with E-state index < -0.39 is 5.41 Å². The number of esters is 1. The van der Waals surface area contributed by atoms with E-state index in [-0.39, 0.29) is 5.97 Å². The van der Waals surface area contributed by atoms with Gasteiger partial charge in [-0.25, -0.2) is 0 Å². The van der Waals surface area contributed by atoms with E-state index >= 15 is 0 Å². The van der Waals surface area contributed by atoms with Crippen LogP contribution in [0.4, 0.5) is 0 Å². The monoisotopic (exact) mass is 291 g/mol. The molecule has 0 amide bonds. The van der Waals surface area contributed by atoms with Gasteiger partial charge in [0.25, 0.3) is 0 Å². The number of carbonyl (C=O) groups excluding carboxylic acids is 1. The Kier molecular flexibility index (Phi) is 5.23. The lowest BCUT2D eigenvalue weighted by Gasteiger charge is -2.35. The van der Waals surface area contributed by atoms with Crippen LogP contribution in [-0.4, -0.2) is 26.2 Å². The summed E-state index contributed by atoms with van der Waals surface area (Å²) in [5, 5.41) is 3.36. The van der Waals surface area contributed by atoms with Gasteiger partial charge in [0.15, 0.2) is 0 Å². The van der Waals surface area contributed by atoms with Crippen LogP contribution in [0.15, 0.2) is 24.3 Å². The number of methoxy groups -OCH3 is 1. The van der Waals surface area contributed by atoms with Crippen LogP contribution in [0.2, 0.25) is 0 Å². The van der Waals surface area contributed by atoms with Crippen molar-refractivity contribution < 1.29 is 14.3 Å². The molecule has 0 saturated carbocycles. The highest BCUT2D eigenvalue weighted by molar-refractivity contribution is 5.76. The molecule has 1 unspecified atom stereocenters. The van der Waals surface area contributed by atoms with E-state index in [9.17, 15) is 4.79 Å². The fourth-order valence-corrected chi connectivity index (χ4v) is 2.73. The van der Waals surface area contributed by atoms with Crippen molar-refractivity contribution in [2.75, 3.05) is 20.2 Å². The molecule has 1 saturated heterocycles. The first kappa shape index (κ1) is 15.8. The molecule has 2 rings (SSSR count). The third-order valence-corrected chi connectivity index (χ3v) is 4.35. The summed E-state index contributed by atoms with van der Waals surface area (Å²) in [4.78, 5) is 12.4. The topological polar surface area (TPSA) is 47.6 Å². The maximum Gasteiger partial charge on any atom is 0.312 e. The molecular formula is C17H25NO3. The van der Waals surface area contributed by atoms with E-state index in [0.717, 1.165) is 37.2 Å². The van der Waals surface area contributed by atoms with Crippen molar-refractivity contribution in [2.24, 2.45) is 11.3 Å². The summed E-state index contributed by atoms with van der Waals surface area (Å²) in [7, 11) is 1.63. The van der Waals surface area contributed by atoms with Gasteiger partial charge in [-0.2, -0.15) is 0 Å². The molecule has 1 heterocycles. The molecule has 4 nitrogen and oxygen atoms in total. The number of benzene rings is 1. The van der Waals surface area contributed by atoms with Gasteiger partial charge in [-0.15, -0.1) is 0 Å². The largest absolute Gasteiger partial charge is 0.497 e. The Morgan fingerprint density at radius 2 is 2.24 bits per heavy atom. The lowest BCUT2D eigenvalue weighted by Crippen LogP contribution is -2.43. The van der Waals surface area contributed by atoms with E-state index in [4.69, 9.17) is 9.47 Å². The van der Waals surface area contributed by atoms with Crippen LogP contribution in [0, 0.1) is 11.3 Å². The molecule has 0 bridgehead atoms. The molecule has 1 aromatic rings. The van der Waals surface area contributed by atoms with Crippen LogP contribution in [0.1, 0.15) is 32.3 Å². The first-order valence-corrected chi connectivity index (χ1v) is 7.55. The summed E-state index contributed by atoms with van der Waals surface area (Å²) in [6, 6.07) is 7.61. The minimum Gasteiger partial charge on any atom is -0.497 e. The number of hydrogen-bond acceptors (Lipinski definition) is 4. The molecule has 116 valence electrons. The molecule has 0 aromatic heterocycles. The van der Waals surface area contributed by atoms with E-state index in [1.807, 2.05) is 38.1 Å². The average molecular weight is 291 g/mol. The van der Waals surface area contributed by atoms with Gasteiger partial charge in [0.05, 0.1) is 12.5 Å². The van der Waals surface area contributed by atoms with Crippen LogP contribution < -0.4 is 10.1 Å². The van der Waals surface area contributed by atoms with Crippen molar-refractivity contribution in [3.8, 4) is 5.75 Å². The zero-order valence-corrected chi connectivity index (χ0v) is 13.1. The molecule has 21 heavy (non-hydrogen) atoms. The zero-order valence-electron chi connectivity index (χ0n) is 13.1. The maximum atomic E-state index is 12.4. The standard InChI is InChI=1S/C17H25NO3/c1-17(2,14-7-5-9-18-11-14)16(19)21-12-13-6-4-8-15(10-13)20-3/h4,6,8,10,14,18H,5,7,9,11-12H2,1-3H3. The van der Waals surface area contributed by atoms with Crippen LogP contribution in [-0.2, 0) is 16.1 Å². The molecule has 1 aromatic carbocycles. The molecule has 0 radical (unpaired) electrons. The van der Waals surface area contributed by atoms with Crippen molar-refractivity contribution in [2.45, 2.75) is 33.3 Å². The maximum absolute atomic E-state index is 12.4. The fraction of sp³-hybridized carbons (Fsp3) is 0.588. The van der Waals surface area contributed by atoms with Crippen molar-refractivity contribution in [3.05, 3.63) is 29.8 Å². The van der Waals surface area contributed by atoms with Crippen molar-refractivity contribution in [1.29, 1.82) is 0 Å². The molecule has 4 heteroatoms. The summed E-state index contributed by atoms with van der Waals surface area (Å²) < 4.78 is 10.7. The van der Waals surface area contributed by atoms with Crippen molar-refractivity contribution in [3.63, 3.8) is 0 Å². The van der Waals surface area contributed by atoms with Gasteiger partial charge in [-0.05, 0) is 63.4 Å². The van der Waals surface area contributed by atoms with Crippen LogP contribution in [0.3, 0.4) is 0 Å². The molecule has 1 atom stereocenters. The van der Waals surface area contributed by atoms with Crippen molar-refractivity contribution in [1.82, 2.24) is 5.32 Å². The summed E-state index contributed by atoms with van der Waals surface area (Å²) in [6.45, 7) is 6.20. The van der Waals surface area contributed by atoms with Crippen molar-refractivity contribution >= 4 is 5.97 Å². The minimum absolute atomic E-state index is 0.126. The average Bonchev–Trinajstić information content (AvgIpc) is 2.53. The van der Waals surface area contributed by atoms with Gasteiger partial charge in [-0.1, -0.05) is 12.1 Å². The third-order valence-electron chi connectivity index (χ3n) is 4.35. The number of rotatable bonds is 5. The molecule has 1 N–H and O–H groups in total. The molecular weight excluding hydrogens is 266 g/mol. The van der Waals surface area contributed by atoms with Gasteiger partial charge in [0, 0.05) is 0 Å². The lowest BCUT2D eigenvalue weighted by molar-refractivity contribution is -0.159. The Bertz CT molecular complexity index is 479. The van der Waals surface area contributed by atoms with Crippen LogP contribution >= 0.6 is 0 Å². The molecule has 1 aliphatic heterocycles. The number of ether oxygens (including phenoxy) is 2. The first-order chi connectivity index (χ1) is 10.0. The first-order valence-electron chi connectivity index (χ1n) is 7.55. The minimum atomic E-state index is -0.452. The van der Waals surface area contributed by atoms with E-state index in [0.29, 0.717) is 12.5 Å². The Hall–Kier alpha value is -1.55. The second-order valence-electron chi connectivity index (χ2n) is 6.19. The predicted octanol–water partition coefficient (Wildman–Crippen LogP) is 2.76. The normalized spacial score (nSPS) is 19.1. The summed E-state index contributed by atoms with van der Waals surface area (Å²) in [6.07, 6.45) is 2.20. The second-order valence-corrected chi connectivity index (χ2v) is 6.19. The Labute approximate surface area is 126 Å². The van der Waals surface area contributed by atoms with Crippen LogP contribution in [0.25, 0.3) is 0 Å². The predicted molar refractivity (Wildman–Crippen MR) is 82.2 cm³/mol. The van der Waals surface area contributed by atoms with Gasteiger partial charge in [-0.3, -0.25) is 4.79 Å². The van der Waals surface area contributed by atoms with E-state index in [1.54, 1.807) is 7.11 Å². The highest BCUT2D eigenvalue weighted by Gasteiger charge is 2.38. The van der Waals surface area contributed by atoms with E-state index in [1.165, 1.54) is 0 Å². The highest BCUT2D eigenvalue weighted by atomic mass is 16.5. The number of carbonyl (C=O) groups is 1. The van der Waals surface area contributed by atoms with Crippen LogP contribution in [0.5, 0.6) is 5.75 Å². The van der Waals surface area contributed by atoms with Gasteiger partial charge < -0.3 is 14.8 Å². The summed E-state index contributed by atoms with van der Waals surface area (Å²) >= 11 is 0. The highest BCUT2D eigenvalue weighted by Crippen LogP contribution is 2.33. The molecule has 0 aliphatic carbocycles. The molecule has 0 spiro atoms. The third kappa shape index (κ3) is 3.97. The Morgan fingerprint density at radius 1 is 1.43 bits per heavy atom. The second kappa shape index (κ2) is 6.94. The lowest BCUT2D eigenvalue weighted by atomic mass is 9.75. The SMILES string of the molecule is COc1cccc(COC(=O)C(C)(C)C2CCCNC2)c1. The Balaban J connectivity index is 1.93. The summed E-state index contributed by atoms with van der Waals surface area (Å²) in [5.74, 6) is 0.988.